The van der Waals surface area contributed by atoms with Crippen LogP contribution in [-0.4, -0.2) is 58.0 Å². The van der Waals surface area contributed by atoms with Crippen molar-refractivity contribution < 1.29 is 19.1 Å². The van der Waals surface area contributed by atoms with Crippen molar-refractivity contribution in [2.24, 2.45) is 11.7 Å². The average molecular weight is 519 g/mol. The maximum absolute atomic E-state index is 12.3. The molecule has 2 aliphatic rings. The van der Waals surface area contributed by atoms with E-state index in [1.54, 1.807) is 43.5 Å². The van der Waals surface area contributed by atoms with E-state index in [2.05, 4.69) is 15.3 Å². The molecule has 1 aliphatic heterocycles. The number of carbonyl (C=O) groups is 2. The van der Waals surface area contributed by atoms with Crippen molar-refractivity contribution in [1.29, 1.82) is 0 Å². The normalized spacial score (nSPS) is 22.8. The van der Waals surface area contributed by atoms with Gasteiger partial charge in [-0.15, -0.1) is 0 Å². The zero-order valence-corrected chi connectivity index (χ0v) is 22.6. The Morgan fingerprint density at radius 2 is 1.87 bits per heavy atom. The van der Waals surface area contributed by atoms with Crippen LogP contribution in [0.15, 0.2) is 30.6 Å². The monoisotopic (exact) mass is 518 g/mol. The van der Waals surface area contributed by atoms with Crippen molar-refractivity contribution in [2.75, 3.05) is 19.4 Å². The summed E-state index contributed by atoms with van der Waals surface area (Å²) in [5, 5.41) is 4.88. The number of cyclic esters (lactones) is 1. The van der Waals surface area contributed by atoms with Gasteiger partial charge >= 0.3 is 5.97 Å². The lowest BCUT2D eigenvalue weighted by molar-refractivity contribution is -0.138. The van der Waals surface area contributed by atoms with Gasteiger partial charge in [0.2, 0.25) is 11.8 Å². The van der Waals surface area contributed by atoms with Gasteiger partial charge < -0.3 is 25.4 Å². The van der Waals surface area contributed by atoms with Crippen LogP contribution >= 0.6 is 0 Å². The third-order valence-corrected chi connectivity index (χ3v) is 7.42. The Morgan fingerprint density at radius 3 is 2.55 bits per heavy atom. The number of nitrogens with zero attached hydrogens (tertiary/aromatic N) is 4. The van der Waals surface area contributed by atoms with Gasteiger partial charge in [-0.2, -0.15) is 0 Å². The van der Waals surface area contributed by atoms with Crippen molar-refractivity contribution in [3.63, 3.8) is 0 Å². The van der Waals surface area contributed by atoms with Gasteiger partial charge in [0, 0.05) is 43.9 Å². The number of aromatic nitrogens is 3. The number of esters is 1. The summed E-state index contributed by atoms with van der Waals surface area (Å²) in [5.74, 6) is 1.35. The van der Waals surface area contributed by atoms with E-state index in [4.69, 9.17) is 20.2 Å². The first-order valence-corrected chi connectivity index (χ1v) is 12.9. The Bertz CT molecular complexity index is 1410. The molecule has 10 nitrogen and oxygen atoms in total. The van der Waals surface area contributed by atoms with Crippen molar-refractivity contribution in [1.82, 2.24) is 19.9 Å². The average Bonchev–Trinajstić information content (AvgIpc) is 2.83. The van der Waals surface area contributed by atoms with Gasteiger partial charge in [-0.05, 0) is 62.8 Å². The first-order chi connectivity index (χ1) is 17.9. The van der Waals surface area contributed by atoms with Crippen LogP contribution in [0, 0.1) is 5.92 Å². The highest BCUT2D eigenvalue weighted by molar-refractivity contribution is 5.93. The van der Waals surface area contributed by atoms with Gasteiger partial charge in [-0.3, -0.25) is 4.79 Å². The molecule has 0 bridgehead atoms. The van der Waals surface area contributed by atoms with Gasteiger partial charge in [0.1, 0.15) is 23.8 Å². The van der Waals surface area contributed by atoms with E-state index >= 15 is 0 Å². The van der Waals surface area contributed by atoms with E-state index < -0.39 is 5.54 Å². The minimum Gasteiger partial charge on any atom is -0.474 e. The van der Waals surface area contributed by atoms with Crippen LogP contribution in [0.3, 0.4) is 0 Å². The maximum atomic E-state index is 12.3. The summed E-state index contributed by atoms with van der Waals surface area (Å²) in [6.07, 6.45) is 4.46. The summed E-state index contributed by atoms with van der Waals surface area (Å²) in [4.78, 5) is 40.0. The lowest BCUT2D eigenvalue weighted by atomic mass is 9.81. The van der Waals surface area contributed by atoms with Crippen LogP contribution < -0.4 is 15.8 Å². The van der Waals surface area contributed by atoms with Crippen LogP contribution in [0.25, 0.3) is 10.8 Å². The summed E-state index contributed by atoms with van der Waals surface area (Å²) < 4.78 is 11.6. The van der Waals surface area contributed by atoms with Crippen molar-refractivity contribution in [3.8, 4) is 5.88 Å². The standard InChI is InChI=1S/C28H34N6O4/c1-14-15(2)37-27(36)18-7-8-22(33-24(14)18)32-23-11-19-20(12-30-23)25(31-13-21(19)28(3,4)29)38-17-9-16(10-17)26(35)34(5)6/h7-8,11-17H,9-10,29H2,1-6H3,(H,30,32,33)/t14-,15-,16-,17+/m0/s1. The fourth-order valence-corrected chi connectivity index (χ4v) is 4.93. The first kappa shape index (κ1) is 25.8. The van der Waals surface area contributed by atoms with Gasteiger partial charge in [-0.1, -0.05) is 6.92 Å². The second kappa shape index (κ2) is 9.50. The molecule has 38 heavy (non-hydrogen) atoms. The highest BCUT2D eigenvalue weighted by Crippen LogP contribution is 2.37. The Kier molecular flexibility index (Phi) is 6.46. The number of anilines is 2. The van der Waals surface area contributed by atoms with Crippen LogP contribution in [0.1, 0.15) is 68.1 Å². The number of nitrogens with one attached hydrogen (secondary N) is 1. The molecular formula is C28H34N6O4. The quantitative estimate of drug-likeness (QED) is 0.467. The predicted molar refractivity (Wildman–Crippen MR) is 143 cm³/mol. The molecule has 0 unspecified atom stereocenters. The van der Waals surface area contributed by atoms with Crippen LogP contribution in [0.2, 0.25) is 0 Å². The third-order valence-electron chi connectivity index (χ3n) is 7.42. The molecular weight excluding hydrogens is 484 g/mol. The lowest BCUT2D eigenvalue weighted by Crippen LogP contribution is -2.43. The van der Waals surface area contributed by atoms with Crippen molar-refractivity contribution in [3.05, 3.63) is 47.4 Å². The molecule has 0 radical (unpaired) electrons. The van der Waals surface area contributed by atoms with Gasteiger partial charge in [0.25, 0.3) is 0 Å². The Morgan fingerprint density at radius 1 is 1.13 bits per heavy atom. The number of amides is 1. The number of ether oxygens (including phenoxy) is 2. The second-order valence-corrected chi connectivity index (χ2v) is 11.1. The molecule has 4 heterocycles. The number of hydrogen-bond acceptors (Lipinski definition) is 9. The molecule has 3 aromatic heterocycles. The molecule has 3 N–H and O–H groups in total. The number of carbonyl (C=O) groups excluding carboxylic acids is 2. The highest BCUT2D eigenvalue weighted by Gasteiger charge is 2.37. The van der Waals surface area contributed by atoms with Gasteiger partial charge in [-0.25, -0.2) is 19.7 Å². The molecule has 5 rings (SSSR count). The molecule has 0 saturated heterocycles. The molecule has 0 spiro atoms. The minimum absolute atomic E-state index is 0.0193. The Labute approximate surface area is 221 Å². The number of hydrogen-bond donors (Lipinski definition) is 2. The Hall–Kier alpha value is -3.79. The number of nitrogens with two attached hydrogens (primary N) is 1. The SMILES string of the molecule is C[C@@H]1OC(=O)c2ccc(Nc3cc4c(C(C)(C)N)cnc(O[C@H]5C[C@@H](C(=O)N(C)C)C5)c4cn3)nc2[C@H]1C. The molecule has 1 saturated carbocycles. The maximum Gasteiger partial charge on any atom is 0.340 e. The zero-order chi connectivity index (χ0) is 27.4. The fraction of sp³-hybridized carbons (Fsp3) is 0.464. The van der Waals surface area contributed by atoms with Crippen molar-refractivity contribution >= 4 is 34.3 Å². The number of fused-ring (bicyclic) bond motifs is 2. The van der Waals surface area contributed by atoms with Crippen LogP contribution in [0.5, 0.6) is 5.88 Å². The molecule has 10 heteroatoms. The summed E-state index contributed by atoms with van der Waals surface area (Å²) in [5.41, 5.74) is 7.88. The summed E-state index contributed by atoms with van der Waals surface area (Å²) in [6, 6.07) is 5.38. The number of pyridine rings is 3. The summed E-state index contributed by atoms with van der Waals surface area (Å²) in [7, 11) is 3.54. The molecule has 1 aliphatic carbocycles. The zero-order valence-electron chi connectivity index (χ0n) is 22.6. The lowest BCUT2D eigenvalue weighted by Gasteiger charge is -2.35. The molecule has 0 aromatic carbocycles. The van der Waals surface area contributed by atoms with E-state index in [9.17, 15) is 9.59 Å². The van der Waals surface area contributed by atoms with E-state index in [1.807, 2.05) is 33.8 Å². The van der Waals surface area contributed by atoms with E-state index in [0.717, 1.165) is 16.3 Å². The van der Waals surface area contributed by atoms with Crippen molar-refractivity contribution in [2.45, 2.75) is 64.2 Å². The van der Waals surface area contributed by atoms with E-state index in [1.165, 1.54) is 0 Å². The first-order valence-electron chi connectivity index (χ1n) is 12.9. The minimum atomic E-state index is -0.655. The summed E-state index contributed by atoms with van der Waals surface area (Å²) >= 11 is 0. The van der Waals surface area contributed by atoms with Gasteiger partial charge in [0.15, 0.2) is 0 Å². The van der Waals surface area contributed by atoms with Gasteiger partial charge in [0.05, 0.1) is 16.6 Å². The molecule has 1 fully saturated rings. The topological polar surface area (TPSA) is 133 Å². The molecule has 1 amide bonds. The molecule has 200 valence electrons. The second-order valence-electron chi connectivity index (χ2n) is 11.1. The highest BCUT2D eigenvalue weighted by atomic mass is 16.5. The Balaban J connectivity index is 1.44. The summed E-state index contributed by atoms with van der Waals surface area (Å²) in [6.45, 7) is 7.71. The van der Waals surface area contributed by atoms with E-state index in [-0.39, 0.29) is 35.9 Å². The van der Waals surface area contributed by atoms with E-state index in [0.29, 0.717) is 41.6 Å². The molecule has 2 atom stereocenters. The molecule has 3 aromatic rings. The van der Waals surface area contributed by atoms with Crippen LogP contribution in [-0.2, 0) is 15.1 Å². The fourth-order valence-electron chi connectivity index (χ4n) is 4.93. The smallest absolute Gasteiger partial charge is 0.340 e. The number of rotatable bonds is 6. The third kappa shape index (κ3) is 4.76. The predicted octanol–water partition coefficient (Wildman–Crippen LogP) is 3.87. The van der Waals surface area contributed by atoms with Crippen LogP contribution in [0.4, 0.5) is 11.6 Å². The largest absolute Gasteiger partial charge is 0.474 e.